The maximum Gasteiger partial charge on any atom is 0.266 e. The molecule has 142 valence electrons. The molecule has 6 nitrogen and oxygen atoms in total. The van der Waals surface area contributed by atoms with Gasteiger partial charge in [-0.25, -0.2) is 4.68 Å². The fourth-order valence-corrected chi connectivity index (χ4v) is 2.81. The minimum absolute atomic E-state index is 0.229. The summed E-state index contributed by atoms with van der Waals surface area (Å²) < 4.78 is 13.0. The van der Waals surface area contributed by atoms with E-state index in [0.717, 1.165) is 22.6 Å². The highest BCUT2D eigenvalue weighted by atomic mass is 16.5. The van der Waals surface area contributed by atoms with E-state index in [1.165, 1.54) is 0 Å². The second-order valence-corrected chi connectivity index (χ2v) is 6.90. The number of amides is 1. The molecule has 0 aliphatic rings. The zero-order valence-electron chi connectivity index (χ0n) is 16.1. The average molecular weight is 367 g/mol. The van der Waals surface area contributed by atoms with Gasteiger partial charge in [-0.05, 0) is 49.1 Å². The fraction of sp³-hybridized carbons (Fsp3) is 0.333. The molecule has 0 saturated carbocycles. The van der Waals surface area contributed by atoms with E-state index in [4.69, 9.17) is 9.15 Å². The summed E-state index contributed by atoms with van der Waals surface area (Å²) >= 11 is 0. The monoisotopic (exact) mass is 367 g/mol. The molecule has 1 atom stereocenters. The van der Waals surface area contributed by atoms with E-state index in [1.807, 2.05) is 25.1 Å². The summed E-state index contributed by atoms with van der Waals surface area (Å²) in [5.74, 6) is 2.19. The third kappa shape index (κ3) is 4.58. The topological polar surface area (TPSA) is 69.3 Å². The Hall–Kier alpha value is -3.02. The molecule has 1 amide bonds. The van der Waals surface area contributed by atoms with Gasteiger partial charge in [-0.15, -0.1) is 0 Å². The third-order valence-corrected chi connectivity index (χ3v) is 4.32. The lowest BCUT2D eigenvalue weighted by atomic mass is 10.0. The van der Waals surface area contributed by atoms with Crippen LogP contribution in [-0.4, -0.2) is 21.8 Å². The Balaban J connectivity index is 1.69. The molecular weight excluding hydrogens is 342 g/mol. The number of furan rings is 1. The molecule has 0 fully saturated rings. The second-order valence-electron chi connectivity index (χ2n) is 6.90. The van der Waals surface area contributed by atoms with Crippen molar-refractivity contribution in [2.75, 3.05) is 5.32 Å². The number of hydrogen-bond donors (Lipinski definition) is 1. The molecule has 1 N–H and O–H groups in total. The largest absolute Gasteiger partial charge is 0.481 e. The molecule has 3 rings (SSSR count). The van der Waals surface area contributed by atoms with Crippen LogP contribution in [0.3, 0.4) is 0 Å². The third-order valence-electron chi connectivity index (χ3n) is 4.32. The summed E-state index contributed by atoms with van der Waals surface area (Å²) in [4.78, 5) is 12.6. The fourth-order valence-electron chi connectivity index (χ4n) is 2.81. The minimum atomic E-state index is -0.642. The van der Waals surface area contributed by atoms with Crippen molar-refractivity contribution in [1.29, 1.82) is 0 Å². The lowest BCUT2D eigenvalue weighted by Gasteiger charge is -2.19. The van der Waals surface area contributed by atoms with Crippen LogP contribution in [-0.2, 0) is 11.3 Å². The summed E-state index contributed by atoms with van der Waals surface area (Å²) in [6.07, 6.45) is 2.61. The number of rotatable bonds is 7. The number of anilines is 1. The zero-order valence-corrected chi connectivity index (χ0v) is 16.1. The summed E-state index contributed by atoms with van der Waals surface area (Å²) in [5.41, 5.74) is 2.18. The number of nitrogens with zero attached hydrogens (tertiary/aromatic N) is 2. The Bertz CT molecular complexity index is 897. The molecule has 0 radical (unpaired) electrons. The van der Waals surface area contributed by atoms with E-state index >= 15 is 0 Å². The Kier molecular flexibility index (Phi) is 5.64. The molecule has 6 heteroatoms. The molecule has 0 aliphatic carbocycles. The van der Waals surface area contributed by atoms with Gasteiger partial charge in [0.1, 0.15) is 23.9 Å². The van der Waals surface area contributed by atoms with Crippen LogP contribution in [0.2, 0.25) is 0 Å². The number of aromatic nitrogens is 2. The molecule has 0 saturated heterocycles. The predicted octanol–water partition coefficient (Wildman–Crippen LogP) is 4.36. The first-order valence-electron chi connectivity index (χ1n) is 9.06. The molecule has 27 heavy (non-hydrogen) atoms. The zero-order chi connectivity index (χ0) is 19.4. The molecule has 0 aliphatic heterocycles. The number of hydrogen-bond acceptors (Lipinski definition) is 4. The van der Waals surface area contributed by atoms with Gasteiger partial charge in [-0.3, -0.25) is 4.79 Å². The van der Waals surface area contributed by atoms with Crippen LogP contribution in [0.4, 0.5) is 5.82 Å². The summed E-state index contributed by atoms with van der Waals surface area (Å²) in [5, 5.41) is 7.12. The van der Waals surface area contributed by atoms with Crippen molar-refractivity contribution in [1.82, 2.24) is 9.78 Å². The predicted molar refractivity (Wildman–Crippen MR) is 104 cm³/mol. The van der Waals surface area contributed by atoms with Gasteiger partial charge in [0.05, 0.1) is 12.5 Å². The Morgan fingerprint density at radius 1 is 1.26 bits per heavy atom. The van der Waals surface area contributed by atoms with Crippen molar-refractivity contribution < 1.29 is 13.9 Å². The van der Waals surface area contributed by atoms with Crippen molar-refractivity contribution >= 4 is 11.7 Å². The molecule has 0 spiro atoms. The lowest BCUT2D eigenvalue weighted by molar-refractivity contribution is -0.122. The number of ether oxygens (including phenoxy) is 1. The number of carbonyl (C=O) groups excluding carboxylic acids is 1. The first-order chi connectivity index (χ1) is 12.9. The van der Waals surface area contributed by atoms with Crippen molar-refractivity contribution in [2.24, 2.45) is 0 Å². The van der Waals surface area contributed by atoms with E-state index in [-0.39, 0.29) is 5.91 Å². The summed E-state index contributed by atoms with van der Waals surface area (Å²) in [6.45, 7) is 8.41. The number of nitrogens with one attached hydrogen (secondary N) is 1. The highest BCUT2D eigenvalue weighted by molar-refractivity contribution is 5.93. The molecule has 3 aromatic rings. The normalized spacial score (nSPS) is 12.2. The van der Waals surface area contributed by atoms with Crippen LogP contribution in [0.25, 0.3) is 0 Å². The molecule has 0 bridgehead atoms. The first-order valence-corrected chi connectivity index (χ1v) is 9.06. The molecule has 2 heterocycles. The molecule has 1 aromatic carbocycles. The van der Waals surface area contributed by atoms with Gasteiger partial charge in [0, 0.05) is 6.07 Å². The summed E-state index contributed by atoms with van der Waals surface area (Å²) in [6, 6.07) is 11.5. The molecule has 0 unspecified atom stereocenters. The van der Waals surface area contributed by atoms with Crippen LogP contribution >= 0.6 is 0 Å². The van der Waals surface area contributed by atoms with Crippen molar-refractivity contribution in [2.45, 2.75) is 46.3 Å². The number of aryl methyl sites for hydroxylation is 1. The van der Waals surface area contributed by atoms with Crippen LogP contribution < -0.4 is 10.1 Å². The van der Waals surface area contributed by atoms with Gasteiger partial charge >= 0.3 is 0 Å². The lowest BCUT2D eigenvalue weighted by Crippen LogP contribution is -2.31. The highest BCUT2D eigenvalue weighted by Crippen LogP contribution is 2.28. The maximum absolute atomic E-state index is 12.6. The number of carbonyl (C=O) groups is 1. The first kappa shape index (κ1) is 18.8. The quantitative estimate of drug-likeness (QED) is 0.673. The highest BCUT2D eigenvalue weighted by Gasteiger charge is 2.19. The van der Waals surface area contributed by atoms with Gasteiger partial charge in [0.2, 0.25) is 0 Å². The average Bonchev–Trinajstić information content (AvgIpc) is 3.27. The van der Waals surface area contributed by atoms with Crippen LogP contribution in [0.5, 0.6) is 5.75 Å². The Morgan fingerprint density at radius 3 is 2.78 bits per heavy atom. The Morgan fingerprint density at radius 2 is 2.07 bits per heavy atom. The van der Waals surface area contributed by atoms with Crippen molar-refractivity contribution in [3.05, 3.63) is 65.7 Å². The van der Waals surface area contributed by atoms with Crippen LogP contribution in [0.1, 0.15) is 43.6 Å². The smallest absolute Gasteiger partial charge is 0.266 e. The van der Waals surface area contributed by atoms with Gasteiger partial charge in [0.15, 0.2) is 6.10 Å². The van der Waals surface area contributed by atoms with Crippen LogP contribution in [0.15, 0.2) is 53.3 Å². The van der Waals surface area contributed by atoms with Gasteiger partial charge < -0.3 is 14.5 Å². The van der Waals surface area contributed by atoms with E-state index in [1.54, 1.807) is 30.1 Å². The maximum atomic E-state index is 12.6. The van der Waals surface area contributed by atoms with E-state index in [9.17, 15) is 4.79 Å². The Labute approximate surface area is 159 Å². The molecule has 2 aromatic heterocycles. The van der Waals surface area contributed by atoms with E-state index in [0.29, 0.717) is 18.3 Å². The second kappa shape index (κ2) is 8.12. The SMILES string of the molecule is Cc1ccc(C(C)C)c(O[C@@H](C)C(=O)Nc2ccnn2Cc2ccco2)c1. The van der Waals surface area contributed by atoms with E-state index < -0.39 is 6.10 Å². The van der Waals surface area contributed by atoms with Gasteiger partial charge in [-0.2, -0.15) is 5.10 Å². The van der Waals surface area contributed by atoms with Gasteiger partial charge in [0.25, 0.3) is 5.91 Å². The van der Waals surface area contributed by atoms with E-state index in [2.05, 4.69) is 36.4 Å². The van der Waals surface area contributed by atoms with Crippen molar-refractivity contribution in [3.8, 4) is 5.75 Å². The summed E-state index contributed by atoms with van der Waals surface area (Å²) in [7, 11) is 0. The number of benzene rings is 1. The van der Waals surface area contributed by atoms with Crippen molar-refractivity contribution in [3.63, 3.8) is 0 Å². The van der Waals surface area contributed by atoms with Crippen LogP contribution in [0, 0.1) is 6.92 Å². The van der Waals surface area contributed by atoms with Gasteiger partial charge in [-0.1, -0.05) is 26.0 Å². The molecular formula is C21H25N3O3. The minimum Gasteiger partial charge on any atom is -0.481 e. The standard InChI is InChI=1S/C21H25N3O3/c1-14(2)18-8-7-15(3)12-19(18)27-16(4)21(25)23-20-9-10-22-24(20)13-17-6-5-11-26-17/h5-12,14,16H,13H2,1-4H3,(H,23,25)/t16-/m0/s1.